The lowest BCUT2D eigenvalue weighted by Crippen LogP contribution is -2.45. The van der Waals surface area contributed by atoms with Crippen LogP contribution < -0.4 is 0 Å². The van der Waals surface area contributed by atoms with E-state index in [4.69, 9.17) is 0 Å². The Labute approximate surface area is 141 Å². The third-order valence-electron chi connectivity index (χ3n) is 5.34. The molecule has 2 heterocycles. The van der Waals surface area contributed by atoms with Crippen molar-refractivity contribution in [2.24, 2.45) is 11.8 Å². The SMILES string of the molecule is O=C(CSc1nc2ccccc2[nH]1)N1CC[C@@H]2CCCC[C@@H]2C1. The van der Waals surface area contributed by atoms with Crippen LogP contribution in [0.1, 0.15) is 32.1 Å². The minimum absolute atomic E-state index is 0.263. The van der Waals surface area contributed by atoms with Gasteiger partial charge in [0.1, 0.15) is 0 Å². The molecule has 0 unspecified atom stereocenters. The number of nitrogens with one attached hydrogen (secondary N) is 1. The standard InChI is InChI=1S/C18H23N3OS/c22-17(21-10-9-13-5-1-2-6-14(13)11-21)12-23-18-19-15-7-3-4-8-16(15)20-18/h3-4,7-8,13-14H,1-2,5-6,9-12H2,(H,19,20)/t13-,14+/m0/s1. The van der Waals surface area contributed by atoms with Crippen LogP contribution >= 0.6 is 11.8 Å². The lowest BCUT2D eigenvalue weighted by Gasteiger charge is -2.41. The Hall–Kier alpha value is -1.49. The largest absolute Gasteiger partial charge is 0.342 e. The molecule has 0 radical (unpaired) electrons. The predicted octanol–water partition coefficient (Wildman–Crippen LogP) is 3.69. The highest BCUT2D eigenvalue weighted by atomic mass is 32.2. The normalized spacial score (nSPS) is 24.6. The summed E-state index contributed by atoms with van der Waals surface area (Å²) in [5.74, 6) is 2.37. The molecule has 5 heteroatoms. The number of piperidine rings is 1. The van der Waals surface area contributed by atoms with Gasteiger partial charge in [0.25, 0.3) is 0 Å². The zero-order valence-corrected chi connectivity index (χ0v) is 14.1. The Bertz CT molecular complexity index is 665. The van der Waals surface area contributed by atoms with E-state index in [0.29, 0.717) is 5.75 Å². The van der Waals surface area contributed by atoms with Crippen LogP contribution in [0.2, 0.25) is 0 Å². The second-order valence-corrected chi connectivity index (χ2v) is 7.74. The van der Waals surface area contributed by atoms with Crippen molar-refractivity contribution in [1.82, 2.24) is 14.9 Å². The number of amides is 1. The number of hydrogen-bond acceptors (Lipinski definition) is 3. The van der Waals surface area contributed by atoms with Gasteiger partial charge in [-0.3, -0.25) is 4.79 Å². The topological polar surface area (TPSA) is 49.0 Å². The molecule has 0 spiro atoms. The highest BCUT2D eigenvalue weighted by Gasteiger charge is 2.32. The van der Waals surface area contributed by atoms with Crippen LogP contribution in [0.3, 0.4) is 0 Å². The number of H-pyrrole nitrogens is 1. The van der Waals surface area contributed by atoms with Crippen molar-refractivity contribution in [1.29, 1.82) is 0 Å². The van der Waals surface area contributed by atoms with E-state index in [1.165, 1.54) is 43.9 Å². The predicted molar refractivity (Wildman–Crippen MR) is 93.5 cm³/mol. The molecule has 1 saturated heterocycles. The van der Waals surface area contributed by atoms with Crippen LogP contribution in [0.25, 0.3) is 11.0 Å². The number of nitrogens with zero attached hydrogens (tertiary/aromatic N) is 2. The van der Waals surface area contributed by atoms with E-state index >= 15 is 0 Å². The first-order chi connectivity index (χ1) is 11.3. The molecule has 2 fully saturated rings. The zero-order chi connectivity index (χ0) is 15.6. The van der Waals surface area contributed by atoms with Crippen molar-refractivity contribution in [3.05, 3.63) is 24.3 Å². The molecule has 1 aliphatic heterocycles. The third-order valence-corrected chi connectivity index (χ3v) is 6.20. The number of para-hydroxylation sites is 2. The van der Waals surface area contributed by atoms with E-state index in [0.717, 1.165) is 41.1 Å². The lowest BCUT2D eigenvalue weighted by atomic mass is 9.75. The molecule has 1 aromatic heterocycles. The molecule has 23 heavy (non-hydrogen) atoms. The second-order valence-electron chi connectivity index (χ2n) is 6.78. The summed E-state index contributed by atoms with van der Waals surface area (Å²) in [4.78, 5) is 22.4. The number of imidazole rings is 1. The number of carbonyl (C=O) groups excluding carboxylic acids is 1. The number of hydrogen-bond donors (Lipinski definition) is 1. The highest BCUT2D eigenvalue weighted by Crippen LogP contribution is 2.36. The number of rotatable bonds is 3. The summed E-state index contributed by atoms with van der Waals surface area (Å²) >= 11 is 1.52. The molecule has 2 atom stereocenters. The first-order valence-electron chi connectivity index (χ1n) is 8.65. The summed E-state index contributed by atoms with van der Waals surface area (Å²) in [6, 6.07) is 7.99. The Morgan fingerprint density at radius 1 is 1.22 bits per heavy atom. The molecule has 1 aliphatic carbocycles. The van der Waals surface area contributed by atoms with E-state index in [2.05, 4.69) is 14.9 Å². The molecule has 2 aromatic rings. The van der Waals surface area contributed by atoms with Crippen molar-refractivity contribution in [2.75, 3.05) is 18.8 Å². The lowest BCUT2D eigenvalue weighted by molar-refractivity contribution is -0.131. The molecule has 4 rings (SSSR count). The molecule has 2 aliphatic rings. The summed E-state index contributed by atoms with van der Waals surface area (Å²) in [7, 11) is 0. The van der Waals surface area contributed by atoms with Gasteiger partial charge in [-0.05, 0) is 36.8 Å². The number of aromatic amines is 1. The van der Waals surface area contributed by atoms with Crippen molar-refractivity contribution < 1.29 is 4.79 Å². The maximum absolute atomic E-state index is 12.5. The Balaban J connectivity index is 1.34. The van der Waals surface area contributed by atoms with Crippen LogP contribution in [0.4, 0.5) is 0 Å². The molecule has 1 aromatic carbocycles. The van der Waals surface area contributed by atoms with Gasteiger partial charge in [-0.2, -0.15) is 0 Å². The van der Waals surface area contributed by atoms with Gasteiger partial charge in [-0.15, -0.1) is 0 Å². The van der Waals surface area contributed by atoms with Crippen LogP contribution in [0.15, 0.2) is 29.4 Å². The molecule has 4 nitrogen and oxygen atoms in total. The molecule has 1 saturated carbocycles. The van der Waals surface area contributed by atoms with Crippen molar-refractivity contribution >= 4 is 28.7 Å². The molecular formula is C18H23N3OS. The average Bonchev–Trinajstić information content (AvgIpc) is 3.02. The summed E-state index contributed by atoms with van der Waals surface area (Å²) in [6.07, 6.45) is 6.62. The number of thioether (sulfide) groups is 1. The van der Waals surface area contributed by atoms with Crippen LogP contribution in [0, 0.1) is 11.8 Å². The highest BCUT2D eigenvalue weighted by molar-refractivity contribution is 7.99. The Morgan fingerprint density at radius 2 is 2.04 bits per heavy atom. The number of fused-ring (bicyclic) bond motifs is 2. The first kappa shape index (κ1) is 15.1. The third kappa shape index (κ3) is 3.25. The minimum Gasteiger partial charge on any atom is -0.342 e. The van der Waals surface area contributed by atoms with E-state index < -0.39 is 0 Å². The monoisotopic (exact) mass is 329 g/mol. The number of likely N-dealkylation sites (tertiary alicyclic amines) is 1. The van der Waals surface area contributed by atoms with Gasteiger partial charge in [0.2, 0.25) is 5.91 Å². The van der Waals surface area contributed by atoms with Crippen LogP contribution in [-0.2, 0) is 4.79 Å². The first-order valence-corrected chi connectivity index (χ1v) is 9.63. The molecular weight excluding hydrogens is 306 g/mol. The fourth-order valence-corrected chi connectivity index (χ4v) is 4.83. The van der Waals surface area contributed by atoms with Crippen molar-refractivity contribution in [3.8, 4) is 0 Å². The summed E-state index contributed by atoms with van der Waals surface area (Å²) in [6.45, 7) is 1.92. The summed E-state index contributed by atoms with van der Waals surface area (Å²) in [5.41, 5.74) is 2.00. The van der Waals surface area contributed by atoms with Crippen LogP contribution in [-0.4, -0.2) is 39.6 Å². The van der Waals surface area contributed by atoms with Gasteiger partial charge in [-0.1, -0.05) is 43.2 Å². The van der Waals surface area contributed by atoms with E-state index in [-0.39, 0.29) is 5.91 Å². The summed E-state index contributed by atoms with van der Waals surface area (Å²) in [5, 5.41) is 0.840. The second kappa shape index (κ2) is 6.56. The van der Waals surface area contributed by atoms with Gasteiger partial charge in [0, 0.05) is 13.1 Å². The van der Waals surface area contributed by atoms with E-state index in [1.807, 2.05) is 24.3 Å². The van der Waals surface area contributed by atoms with Crippen LogP contribution in [0.5, 0.6) is 0 Å². The number of benzene rings is 1. The van der Waals surface area contributed by atoms with Gasteiger partial charge < -0.3 is 9.88 Å². The van der Waals surface area contributed by atoms with Crippen molar-refractivity contribution in [3.63, 3.8) is 0 Å². The fraction of sp³-hybridized carbons (Fsp3) is 0.556. The van der Waals surface area contributed by atoms with Gasteiger partial charge in [0.05, 0.1) is 16.8 Å². The maximum atomic E-state index is 12.5. The van der Waals surface area contributed by atoms with Gasteiger partial charge >= 0.3 is 0 Å². The number of aromatic nitrogens is 2. The quantitative estimate of drug-likeness (QED) is 0.874. The molecule has 1 amide bonds. The van der Waals surface area contributed by atoms with Gasteiger partial charge in [0.15, 0.2) is 5.16 Å². The van der Waals surface area contributed by atoms with Crippen molar-refractivity contribution in [2.45, 2.75) is 37.3 Å². The maximum Gasteiger partial charge on any atom is 0.233 e. The van der Waals surface area contributed by atoms with Gasteiger partial charge in [-0.25, -0.2) is 4.98 Å². The Kier molecular flexibility index (Phi) is 4.29. The minimum atomic E-state index is 0.263. The number of carbonyl (C=O) groups is 1. The molecule has 1 N–H and O–H groups in total. The summed E-state index contributed by atoms with van der Waals surface area (Å²) < 4.78 is 0. The molecule has 122 valence electrons. The van der Waals surface area contributed by atoms with E-state index in [9.17, 15) is 4.79 Å². The zero-order valence-electron chi connectivity index (χ0n) is 13.3. The average molecular weight is 329 g/mol. The molecule has 0 bridgehead atoms. The Morgan fingerprint density at radius 3 is 2.91 bits per heavy atom. The smallest absolute Gasteiger partial charge is 0.233 e. The van der Waals surface area contributed by atoms with E-state index in [1.54, 1.807) is 0 Å². The fourth-order valence-electron chi connectivity index (χ4n) is 4.05.